The highest BCUT2D eigenvalue weighted by Crippen LogP contribution is 2.37. The number of hydrogen-bond acceptors (Lipinski definition) is 5. The van der Waals surface area contributed by atoms with Crippen LogP contribution in [0.4, 0.5) is 0 Å². The van der Waals surface area contributed by atoms with Crippen LogP contribution in [0.15, 0.2) is 48.0 Å². The smallest absolute Gasteiger partial charge is 0.342 e. The van der Waals surface area contributed by atoms with Crippen molar-refractivity contribution in [2.75, 3.05) is 21.0 Å². The van der Waals surface area contributed by atoms with Crippen LogP contribution in [0.25, 0.3) is 12.2 Å². The highest BCUT2D eigenvalue weighted by Gasteiger charge is 2.24. The van der Waals surface area contributed by atoms with Crippen LogP contribution < -0.4 is 15.2 Å². The Morgan fingerprint density at radius 1 is 1.11 bits per heavy atom. The maximum Gasteiger partial charge on any atom is 0.342 e. The van der Waals surface area contributed by atoms with E-state index < -0.39 is 5.97 Å². The lowest BCUT2D eigenvalue weighted by atomic mass is 9.97. The van der Waals surface area contributed by atoms with Gasteiger partial charge in [0, 0.05) is 5.56 Å². The fourth-order valence-electron chi connectivity index (χ4n) is 2.81. The average Bonchev–Trinajstić information content (AvgIpc) is 2.71. The molecule has 2 aromatic carbocycles. The van der Waals surface area contributed by atoms with Gasteiger partial charge in [-0.1, -0.05) is 54.1 Å². The van der Waals surface area contributed by atoms with Gasteiger partial charge in [-0.3, -0.25) is 5.73 Å². The molecule has 0 aliphatic heterocycles. The van der Waals surface area contributed by atoms with Crippen molar-refractivity contribution in [1.29, 1.82) is 0 Å². The van der Waals surface area contributed by atoms with Crippen molar-refractivity contribution in [3.05, 3.63) is 70.3 Å². The summed E-state index contributed by atoms with van der Waals surface area (Å²) in [7, 11) is 2.94. The van der Waals surface area contributed by atoms with Crippen molar-refractivity contribution >= 4 is 18.1 Å². The highest BCUT2D eigenvalue weighted by molar-refractivity contribution is 5.99. The van der Waals surface area contributed by atoms with E-state index in [0.717, 1.165) is 16.7 Å². The van der Waals surface area contributed by atoms with Crippen molar-refractivity contribution in [3.8, 4) is 11.5 Å². The molecule has 5 nitrogen and oxygen atoms in total. The Morgan fingerprint density at radius 3 is 2.39 bits per heavy atom. The summed E-state index contributed by atoms with van der Waals surface area (Å²) < 4.78 is 16.3. The Labute approximate surface area is 166 Å². The highest BCUT2D eigenvalue weighted by atomic mass is 16.5. The van der Waals surface area contributed by atoms with Gasteiger partial charge in [-0.25, -0.2) is 4.79 Å². The molecule has 0 saturated heterocycles. The zero-order valence-electron chi connectivity index (χ0n) is 16.8. The Bertz CT molecular complexity index is 866. The summed E-state index contributed by atoms with van der Waals surface area (Å²) in [6, 6.07) is 11.6. The summed E-state index contributed by atoms with van der Waals surface area (Å²) in [5, 5.41) is 0. The molecule has 0 atom stereocenters. The molecule has 28 heavy (non-hydrogen) atoms. The van der Waals surface area contributed by atoms with Crippen LogP contribution in [0.1, 0.15) is 40.9 Å². The number of rotatable bonds is 8. The van der Waals surface area contributed by atoms with Crippen molar-refractivity contribution in [1.82, 2.24) is 0 Å². The first kappa shape index (κ1) is 21.3. The molecule has 0 aliphatic rings. The zero-order valence-corrected chi connectivity index (χ0v) is 16.8. The lowest BCUT2D eigenvalue weighted by Gasteiger charge is -2.19. The topological polar surface area (TPSA) is 70.8 Å². The lowest BCUT2D eigenvalue weighted by Crippen LogP contribution is -2.15. The summed E-state index contributed by atoms with van der Waals surface area (Å²) in [6.07, 6.45) is 6.36. The molecule has 2 aromatic rings. The molecule has 0 aliphatic carbocycles. The molecular formula is C23H27NO4. The molecule has 5 heteroatoms. The van der Waals surface area contributed by atoms with E-state index >= 15 is 0 Å². The minimum absolute atomic E-state index is 0.0686. The van der Waals surface area contributed by atoms with Crippen LogP contribution in [0.2, 0.25) is 0 Å². The average molecular weight is 381 g/mol. The molecule has 148 valence electrons. The van der Waals surface area contributed by atoms with Gasteiger partial charge in [0.1, 0.15) is 23.8 Å². The summed E-state index contributed by atoms with van der Waals surface area (Å²) in [5.74, 6) is 0.525. The van der Waals surface area contributed by atoms with Crippen LogP contribution in [-0.4, -0.2) is 26.9 Å². The minimum Gasteiger partial charge on any atom is -0.496 e. The van der Waals surface area contributed by atoms with Crippen LogP contribution in [0.5, 0.6) is 11.5 Å². The van der Waals surface area contributed by atoms with Gasteiger partial charge in [0.15, 0.2) is 0 Å². The maximum atomic E-state index is 12.6. The second kappa shape index (κ2) is 10.3. The van der Waals surface area contributed by atoms with Gasteiger partial charge >= 0.3 is 5.97 Å². The largest absolute Gasteiger partial charge is 0.496 e. The molecule has 0 saturated carbocycles. The molecule has 0 heterocycles. The molecule has 0 fully saturated rings. The molecule has 2 N–H and O–H groups in total. The van der Waals surface area contributed by atoms with E-state index in [1.165, 1.54) is 7.11 Å². The number of carbonyl (C=O) groups excluding carboxylic acids is 1. The van der Waals surface area contributed by atoms with E-state index in [4.69, 9.17) is 19.9 Å². The fraction of sp³-hybridized carbons (Fsp3) is 0.261. The predicted molar refractivity (Wildman–Crippen MR) is 113 cm³/mol. The van der Waals surface area contributed by atoms with Crippen LogP contribution in [0, 0.1) is 0 Å². The Kier molecular flexibility index (Phi) is 7.84. The van der Waals surface area contributed by atoms with Gasteiger partial charge in [-0.05, 0) is 37.5 Å². The van der Waals surface area contributed by atoms with Gasteiger partial charge < -0.3 is 14.2 Å². The molecule has 0 radical (unpaired) electrons. The van der Waals surface area contributed by atoms with E-state index in [-0.39, 0.29) is 6.73 Å². The van der Waals surface area contributed by atoms with Crippen LogP contribution in [0.3, 0.4) is 0 Å². The number of benzene rings is 2. The molecule has 0 aromatic heterocycles. The number of hydrogen-bond donors (Lipinski definition) is 1. The SMILES string of the molecule is COC(=O)c1c(/C=C/c2ccccc2)cc(OC)c(CC=C(C)C)c1OCN. The maximum absolute atomic E-state index is 12.6. The summed E-state index contributed by atoms with van der Waals surface area (Å²) in [4.78, 5) is 12.6. The molecule has 0 amide bonds. The van der Waals surface area contributed by atoms with Crippen molar-refractivity contribution in [2.45, 2.75) is 20.3 Å². The zero-order chi connectivity index (χ0) is 20.5. The molecule has 2 rings (SSSR count). The third kappa shape index (κ3) is 5.24. The standard InChI is InChI=1S/C23H27NO4/c1-16(2)10-13-19-20(26-3)14-18(12-11-17-8-6-5-7-9-17)21(23(25)27-4)22(19)28-15-24/h5-12,14H,13,15,24H2,1-4H3/b12-11+. The number of esters is 1. The van der Waals surface area contributed by atoms with Gasteiger partial charge in [0.2, 0.25) is 0 Å². The van der Waals surface area contributed by atoms with E-state index in [1.54, 1.807) is 7.11 Å². The van der Waals surface area contributed by atoms with Crippen LogP contribution >= 0.6 is 0 Å². The normalized spacial score (nSPS) is 10.6. The van der Waals surface area contributed by atoms with Gasteiger partial charge in [0.05, 0.1) is 14.2 Å². The molecule has 0 bridgehead atoms. The van der Waals surface area contributed by atoms with Crippen molar-refractivity contribution < 1.29 is 19.0 Å². The second-order valence-electron chi connectivity index (χ2n) is 6.38. The molecule has 0 spiro atoms. The van der Waals surface area contributed by atoms with E-state index in [9.17, 15) is 4.79 Å². The number of carbonyl (C=O) groups is 1. The summed E-state index contributed by atoms with van der Waals surface area (Å²) >= 11 is 0. The van der Waals surface area contributed by atoms with E-state index in [0.29, 0.717) is 29.0 Å². The third-order valence-corrected chi connectivity index (χ3v) is 4.18. The van der Waals surface area contributed by atoms with Crippen molar-refractivity contribution in [3.63, 3.8) is 0 Å². The second-order valence-corrected chi connectivity index (χ2v) is 6.38. The Balaban J connectivity index is 2.69. The van der Waals surface area contributed by atoms with Crippen LogP contribution in [-0.2, 0) is 11.2 Å². The quantitative estimate of drug-likeness (QED) is 0.316. The van der Waals surface area contributed by atoms with E-state index in [2.05, 4.69) is 0 Å². The third-order valence-electron chi connectivity index (χ3n) is 4.18. The predicted octanol–water partition coefficient (Wildman–Crippen LogP) is 4.46. The number of ether oxygens (including phenoxy) is 3. The van der Waals surface area contributed by atoms with Gasteiger partial charge in [0.25, 0.3) is 0 Å². The number of nitrogens with two attached hydrogens (primary N) is 1. The van der Waals surface area contributed by atoms with E-state index in [1.807, 2.05) is 68.5 Å². The lowest BCUT2D eigenvalue weighted by molar-refractivity contribution is 0.0595. The first-order chi connectivity index (χ1) is 13.5. The molecule has 0 unspecified atom stereocenters. The van der Waals surface area contributed by atoms with Gasteiger partial charge in [-0.15, -0.1) is 0 Å². The summed E-state index contributed by atoms with van der Waals surface area (Å²) in [6.45, 7) is 3.95. The fourth-order valence-corrected chi connectivity index (χ4v) is 2.81. The molecular weight excluding hydrogens is 354 g/mol. The summed E-state index contributed by atoms with van der Waals surface area (Å²) in [5.41, 5.74) is 9.53. The Morgan fingerprint density at radius 2 is 1.82 bits per heavy atom. The number of methoxy groups -OCH3 is 2. The van der Waals surface area contributed by atoms with Gasteiger partial charge in [-0.2, -0.15) is 0 Å². The number of allylic oxidation sites excluding steroid dienone is 2. The first-order valence-corrected chi connectivity index (χ1v) is 9.03. The minimum atomic E-state index is -0.489. The monoisotopic (exact) mass is 381 g/mol. The van der Waals surface area contributed by atoms with Crippen molar-refractivity contribution in [2.24, 2.45) is 5.73 Å². The first-order valence-electron chi connectivity index (χ1n) is 9.03. The Hall–Kier alpha value is -3.05.